The highest BCUT2D eigenvalue weighted by molar-refractivity contribution is 9.10. The van der Waals surface area contributed by atoms with Crippen LogP contribution < -0.4 is 5.32 Å². The molecule has 1 nitrogen and oxygen atoms in total. The Morgan fingerprint density at radius 3 is 2.77 bits per heavy atom. The third-order valence-corrected chi connectivity index (χ3v) is 3.67. The van der Waals surface area contributed by atoms with Crippen LogP contribution in [0.25, 0.3) is 0 Å². The van der Waals surface area contributed by atoms with Gasteiger partial charge in [-0.1, -0.05) is 0 Å². The second-order valence-electron chi connectivity index (χ2n) is 2.65. The Balaban J connectivity index is 2.49. The van der Waals surface area contributed by atoms with Crippen molar-refractivity contribution in [1.29, 1.82) is 0 Å². The summed E-state index contributed by atoms with van der Waals surface area (Å²) in [7, 11) is 0. The highest BCUT2D eigenvalue weighted by atomic mass is 79.9. The van der Waals surface area contributed by atoms with E-state index < -0.39 is 6.43 Å². The van der Waals surface area contributed by atoms with Gasteiger partial charge in [0, 0.05) is 15.4 Å². The van der Waals surface area contributed by atoms with Crippen molar-refractivity contribution in [3.63, 3.8) is 0 Å². The monoisotopic (exact) mass is 269 g/mol. The molecule has 0 bridgehead atoms. The van der Waals surface area contributed by atoms with Crippen molar-refractivity contribution in [2.45, 2.75) is 19.4 Å². The number of hydrogen-bond donors (Lipinski definition) is 1. The third-order valence-electron chi connectivity index (χ3n) is 1.62. The molecule has 0 aliphatic rings. The van der Waals surface area contributed by atoms with Gasteiger partial charge in [-0.25, -0.2) is 8.78 Å². The van der Waals surface area contributed by atoms with Crippen LogP contribution in [0.1, 0.15) is 17.8 Å². The van der Waals surface area contributed by atoms with Crippen LogP contribution in [0.2, 0.25) is 0 Å². The quantitative estimate of drug-likeness (QED) is 0.883. The van der Waals surface area contributed by atoms with E-state index in [0.29, 0.717) is 0 Å². The van der Waals surface area contributed by atoms with Crippen LogP contribution in [0, 0.1) is 0 Å². The van der Waals surface area contributed by atoms with Crippen LogP contribution in [0.5, 0.6) is 0 Å². The van der Waals surface area contributed by atoms with Crippen LogP contribution in [-0.4, -0.2) is 13.0 Å². The smallest absolute Gasteiger partial charge is 0.250 e. The molecule has 13 heavy (non-hydrogen) atoms. The first kappa shape index (κ1) is 11.1. The lowest BCUT2D eigenvalue weighted by Gasteiger charge is -2.11. The molecule has 5 heteroatoms. The van der Waals surface area contributed by atoms with Crippen molar-refractivity contribution >= 4 is 27.3 Å². The average molecular weight is 270 g/mol. The van der Waals surface area contributed by atoms with Crippen LogP contribution in [-0.2, 0) is 0 Å². The summed E-state index contributed by atoms with van der Waals surface area (Å²) in [4.78, 5) is 1.06. The second kappa shape index (κ2) is 5.02. The van der Waals surface area contributed by atoms with Gasteiger partial charge in [-0.3, -0.25) is 0 Å². The zero-order chi connectivity index (χ0) is 9.84. The molecule has 0 radical (unpaired) electrons. The minimum Gasteiger partial charge on any atom is -0.304 e. The molecule has 1 aromatic heterocycles. The Kier molecular flexibility index (Phi) is 4.28. The topological polar surface area (TPSA) is 12.0 Å². The summed E-state index contributed by atoms with van der Waals surface area (Å²) < 4.78 is 24.7. The zero-order valence-electron chi connectivity index (χ0n) is 7.06. The van der Waals surface area contributed by atoms with Gasteiger partial charge in [0.05, 0.1) is 6.54 Å². The van der Waals surface area contributed by atoms with E-state index in [0.717, 1.165) is 9.35 Å². The molecule has 0 amide bonds. The normalized spacial score (nSPS) is 13.6. The van der Waals surface area contributed by atoms with Gasteiger partial charge in [0.2, 0.25) is 0 Å². The van der Waals surface area contributed by atoms with Crippen LogP contribution >= 0.6 is 27.3 Å². The van der Waals surface area contributed by atoms with Crippen molar-refractivity contribution in [3.8, 4) is 0 Å². The maximum Gasteiger partial charge on any atom is 0.250 e. The molecule has 1 atom stereocenters. The first-order valence-electron chi connectivity index (χ1n) is 3.85. The summed E-state index contributed by atoms with van der Waals surface area (Å²) in [5.41, 5.74) is 0. The standard InChI is InChI=1S/C8H10BrF2NS/c1-5(12-4-7(10)11)8-6(9)2-3-13-8/h2-3,5,7,12H,4H2,1H3. The van der Waals surface area contributed by atoms with Gasteiger partial charge in [0.15, 0.2) is 0 Å². The highest BCUT2D eigenvalue weighted by Gasteiger charge is 2.11. The first-order chi connectivity index (χ1) is 6.11. The number of hydrogen-bond acceptors (Lipinski definition) is 2. The Morgan fingerprint density at radius 1 is 1.62 bits per heavy atom. The summed E-state index contributed by atoms with van der Waals surface area (Å²) in [6, 6.07) is 1.89. The van der Waals surface area contributed by atoms with E-state index >= 15 is 0 Å². The molecule has 1 aromatic rings. The Bertz CT molecular complexity index is 264. The Morgan fingerprint density at radius 2 is 2.31 bits per heavy atom. The molecule has 1 rings (SSSR count). The number of rotatable bonds is 4. The molecular formula is C8H10BrF2NS. The van der Waals surface area contributed by atoms with E-state index in [4.69, 9.17) is 0 Å². The number of nitrogens with one attached hydrogen (secondary N) is 1. The number of alkyl halides is 2. The van der Waals surface area contributed by atoms with Gasteiger partial charge < -0.3 is 5.32 Å². The van der Waals surface area contributed by atoms with Crippen LogP contribution in [0.3, 0.4) is 0 Å². The number of halogens is 3. The van der Waals surface area contributed by atoms with E-state index in [-0.39, 0.29) is 12.6 Å². The van der Waals surface area contributed by atoms with E-state index in [9.17, 15) is 8.78 Å². The van der Waals surface area contributed by atoms with Crippen LogP contribution in [0.15, 0.2) is 15.9 Å². The van der Waals surface area contributed by atoms with Gasteiger partial charge in [-0.15, -0.1) is 11.3 Å². The SMILES string of the molecule is CC(NCC(F)F)c1sccc1Br. The molecule has 1 unspecified atom stereocenters. The molecular weight excluding hydrogens is 260 g/mol. The van der Waals surface area contributed by atoms with Gasteiger partial charge in [0.25, 0.3) is 6.43 Å². The molecule has 0 spiro atoms. The van der Waals surface area contributed by atoms with Gasteiger partial charge in [0.1, 0.15) is 0 Å². The molecule has 0 saturated carbocycles. The molecule has 0 aromatic carbocycles. The maximum atomic E-state index is 11.9. The fourth-order valence-corrected chi connectivity index (χ4v) is 2.72. The summed E-state index contributed by atoms with van der Waals surface area (Å²) in [5.74, 6) is 0. The molecule has 0 saturated heterocycles. The predicted octanol–water partition coefficient (Wildman–Crippen LogP) is 3.43. The van der Waals surface area contributed by atoms with E-state index in [1.807, 2.05) is 18.4 Å². The fraction of sp³-hybridized carbons (Fsp3) is 0.500. The largest absolute Gasteiger partial charge is 0.304 e. The lowest BCUT2D eigenvalue weighted by atomic mass is 10.3. The average Bonchev–Trinajstić information content (AvgIpc) is 2.47. The summed E-state index contributed by atoms with van der Waals surface area (Å²) in [6.45, 7) is 1.62. The minimum atomic E-state index is -2.29. The van der Waals surface area contributed by atoms with E-state index in [2.05, 4.69) is 21.2 Å². The lowest BCUT2D eigenvalue weighted by molar-refractivity contribution is 0.142. The Hall–Kier alpha value is -0.000000000000000111. The van der Waals surface area contributed by atoms with Crippen molar-refractivity contribution < 1.29 is 8.78 Å². The van der Waals surface area contributed by atoms with Crippen molar-refractivity contribution in [1.82, 2.24) is 5.32 Å². The van der Waals surface area contributed by atoms with Crippen molar-refractivity contribution in [2.24, 2.45) is 0 Å². The highest BCUT2D eigenvalue weighted by Crippen LogP contribution is 2.28. The predicted molar refractivity (Wildman–Crippen MR) is 54.4 cm³/mol. The minimum absolute atomic E-state index is 0.0247. The summed E-state index contributed by atoms with van der Waals surface area (Å²) in [6.07, 6.45) is -2.29. The van der Waals surface area contributed by atoms with Gasteiger partial charge >= 0.3 is 0 Å². The van der Waals surface area contributed by atoms with E-state index in [1.54, 1.807) is 11.3 Å². The molecule has 0 fully saturated rings. The summed E-state index contributed by atoms with van der Waals surface area (Å²) in [5, 5.41) is 4.69. The maximum absolute atomic E-state index is 11.9. The molecule has 0 aliphatic heterocycles. The molecule has 0 aliphatic carbocycles. The zero-order valence-corrected chi connectivity index (χ0v) is 9.46. The van der Waals surface area contributed by atoms with Crippen molar-refractivity contribution in [2.75, 3.05) is 6.54 Å². The number of thiophene rings is 1. The lowest BCUT2D eigenvalue weighted by Crippen LogP contribution is -2.24. The van der Waals surface area contributed by atoms with Gasteiger partial charge in [-0.05, 0) is 34.3 Å². The second-order valence-corrected chi connectivity index (χ2v) is 4.46. The third kappa shape index (κ3) is 3.32. The van der Waals surface area contributed by atoms with Gasteiger partial charge in [-0.2, -0.15) is 0 Å². The molecule has 1 N–H and O–H groups in total. The fourth-order valence-electron chi connectivity index (χ4n) is 0.973. The molecule has 74 valence electrons. The Labute approximate surface area is 88.3 Å². The first-order valence-corrected chi connectivity index (χ1v) is 5.53. The van der Waals surface area contributed by atoms with E-state index in [1.165, 1.54) is 0 Å². The van der Waals surface area contributed by atoms with Crippen molar-refractivity contribution in [3.05, 3.63) is 20.8 Å². The summed E-state index contributed by atoms with van der Waals surface area (Å²) >= 11 is 4.91. The molecule has 1 heterocycles. The van der Waals surface area contributed by atoms with Crippen LogP contribution in [0.4, 0.5) is 8.78 Å².